The number of amides is 1. The third-order valence-corrected chi connectivity index (χ3v) is 1.70. The Hall–Kier alpha value is -0.510. The van der Waals surface area contributed by atoms with Crippen LogP contribution in [0, 0.1) is 0 Å². The maximum Gasteiger partial charge on any atom is 0.232 e. The fourth-order valence-electron chi connectivity index (χ4n) is 0.292. The normalized spacial score (nSPS) is 9.10. The molecule has 0 saturated heterocycles. The third kappa shape index (κ3) is 4.38. The van der Waals surface area contributed by atoms with E-state index in [1.807, 2.05) is 0 Å². The second-order valence-electron chi connectivity index (χ2n) is 2.07. The van der Waals surface area contributed by atoms with Gasteiger partial charge in [-0.05, 0) is 0 Å². The Labute approximate surface area is 64.8 Å². The van der Waals surface area contributed by atoms with E-state index in [-0.39, 0.29) is 16.8 Å². The molecule has 3 nitrogen and oxygen atoms in total. The lowest BCUT2D eigenvalue weighted by Gasteiger charge is -2.07. The first-order chi connectivity index (χ1) is 4.54. The van der Waals surface area contributed by atoms with Crippen LogP contribution in [0.25, 0.3) is 0 Å². The van der Waals surface area contributed by atoms with Crippen molar-refractivity contribution in [3.05, 3.63) is 0 Å². The SMILES string of the molecule is CC(=O)SCC(=O)N(C)C. The molecule has 0 saturated carbocycles. The van der Waals surface area contributed by atoms with Crippen molar-refractivity contribution in [2.45, 2.75) is 6.92 Å². The number of carbonyl (C=O) groups is 2. The van der Waals surface area contributed by atoms with Gasteiger partial charge in [0.2, 0.25) is 5.91 Å². The summed E-state index contributed by atoms with van der Waals surface area (Å²) in [4.78, 5) is 22.6. The lowest BCUT2D eigenvalue weighted by Crippen LogP contribution is -2.23. The summed E-state index contributed by atoms with van der Waals surface area (Å²) < 4.78 is 0. The van der Waals surface area contributed by atoms with Crippen LogP contribution in [0.3, 0.4) is 0 Å². The molecule has 0 aromatic rings. The molecule has 0 fully saturated rings. The molecular formula is C6H11NO2S. The van der Waals surface area contributed by atoms with Gasteiger partial charge in [-0.1, -0.05) is 11.8 Å². The number of hydrogen-bond donors (Lipinski definition) is 0. The van der Waals surface area contributed by atoms with Crippen molar-refractivity contribution in [2.75, 3.05) is 19.8 Å². The van der Waals surface area contributed by atoms with Gasteiger partial charge in [0.1, 0.15) is 0 Å². The fraction of sp³-hybridized carbons (Fsp3) is 0.667. The molecule has 0 atom stereocenters. The van der Waals surface area contributed by atoms with Gasteiger partial charge in [0.25, 0.3) is 0 Å². The van der Waals surface area contributed by atoms with Gasteiger partial charge in [-0.2, -0.15) is 0 Å². The van der Waals surface area contributed by atoms with Crippen molar-refractivity contribution in [2.24, 2.45) is 0 Å². The van der Waals surface area contributed by atoms with Gasteiger partial charge in [-0.25, -0.2) is 0 Å². The highest BCUT2D eigenvalue weighted by atomic mass is 32.2. The molecule has 58 valence electrons. The topological polar surface area (TPSA) is 37.4 Å². The van der Waals surface area contributed by atoms with Gasteiger partial charge in [-0.3, -0.25) is 9.59 Å². The van der Waals surface area contributed by atoms with E-state index < -0.39 is 0 Å². The number of rotatable bonds is 2. The second kappa shape index (κ2) is 4.33. The van der Waals surface area contributed by atoms with E-state index in [2.05, 4.69) is 0 Å². The minimum absolute atomic E-state index is 0.0183. The van der Waals surface area contributed by atoms with Crippen LogP contribution in [0.15, 0.2) is 0 Å². The summed E-state index contributed by atoms with van der Waals surface area (Å²) in [6, 6.07) is 0. The molecule has 0 unspecified atom stereocenters. The molecule has 0 aromatic carbocycles. The zero-order valence-corrected chi connectivity index (χ0v) is 7.20. The molecule has 0 heterocycles. The van der Waals surface area contributed by atoms with Crippen molar-refractivity contribution in [3.8, 4) is 0 Å². The van der Waals surface area contributed by atoms with Crippen LogP contribution < -0.4 is 0 Å². The van der Waals surface area contributed by atoms with Gasteiger partial charge in [-0.15, -0.1) is 0 Å². The smallest absolute Gasteiger partial charge is 0.232 e. The summed E-state index contributed by atoms with van der Waals surface area (Å²) in [5.41, 5.74) is 0. The number of thioether (sulfide) groups is 1. The number of nitrogens with zero attached hydrogens (tertiary/aromatic N) is 1. The van der Waals surface area contributed by atoms with Crippen LogP contribution in [0.5, 0.6) is 0 Å². The average Bonchev–Trinajstić information content (AvgIpc) is 1.82. The Morgan fingerprint density at radius 2 is 1.90 bits per heavy atom. The van der Waals surface area contributed by atoms with Crippen molar-refractivity contribution in [1.82, 2.24) is 4.90 Å². The quantitative estimate of drug-likeness (QED) is 0.586. The third-order valence-electron chi connectivity index (χ3n) is 0.898. The van der Waals surface area contributed by atoms with Crippen molar-refractivity contribution in [3.63, 3.8) is 0 Å². The van der Waals surface area contributed by atoms with Crippen LogP contribution in [-0.2, 0) is 9.59 Å². The Morgan fingerprint density at radius 1 is 1.40 bits per heavy atom. The van der Waals surface area contributed by atoms with Crippen LogP contribution in [0.4, 0.5) is 0 Å². The Morgan fingerprint density at radius 3 is 2.20 bits per heavy atom. The monoisotopic (exact) mass is 161 g/mol. The molecule has 0 aliphatic heterocycles. The summed E-state index contributed by atoms with van der Waals surface area (Å²) in [5.74, 6) is 0.225. The zero-order valence-electron chi connectivity index (χ0n) is 6.38. The molecule has 0 aromatic heterocycles. The van der Waals surface area contributed by atoms with Crippen molar-refractivity contribution < 1.29 is 9.59 Å². The first kappa shape index (κ1) is 9.49. The number of carbonyl (C=O) groups excluding carboxylic acids is 2. The van der Waals surface area contributed by atoms with Gasteiger partial charge in [0, 0.05) is 21.0 Å². The summed E-state index contributed by atoms with van der Waals surface area (Å²) >= 11 is 1.04. The molecular weight excluding hydrogens is 150 g/mol. The predicted molar refractivity (Wildman–Crippen MR) is 41.8 cm³/mol. The van der Waals surface area contributed by atoms with Crippen LogP contribution in [-0.4, -0.2) is 35.8 Å². The summed E-state index contributed by atoms with van der Waals surface area (Å²) in [7, 11) is 3.34. The largest absolute Gasteiger partial charge is 0.348 e. The van der Waals surface area contributed by atoms with E-state index in [9.17, 15) is 9.59 Å². The molecule has 0 radical (unpaired) electrons. The van der Waals surface area contributed by atoms with E-state index in [0.29, 0.717) is 0 Å². The lowest BCUT2D eigenvalue weighted by atomic mass is 10.6. The molecule has 10 heavy (non-hydrogen) atoms. The molecule has 1 amide bonds. The van der Waals surface area contributed by atoms with Gasteiger partial charge in [0.15, 0.2) is 5.12 Å². The van der Waals surface area contributed by atoms with E-state index >= 15 is 0 Å². The highest BCUT2D eigenvalue weighted by Gasteiger charge is 2.04. The van der Waals surface area contributed by atoms with Crippen molar-refractivity contribution >= 4 is 22.8 Å². The molecule has 0 rings (SSSR count). The van der Waals surface area contributed by atoms with Crippen LogP contribution >= 0.6 is 11.8 Å². The predicted octanol–water partition coefficient (Wildman–Crippen LogP) is 0.354. The highest BCUT2D eigenvalue weighted by molar-refractivity contribution is 8.14. The van der Waals surface area contributed by atoms with Crippen molar-refractivity contribution in [1.29, 1.82) is 0 Å². The Bertz CT molecular complexity index is 145. The maximum atomic E-state index is 10.8. The molecule has 4 heteroatoms. The molecule has 0 aliphatic carbocycles. The summed E-state index contributed by atoms with van der Waals surface area (Å²) in [6.07, 6.45) is 0. The molecule has 0 N–H and O–H groups in total. The first-order valence-electron chi connectivity index (χ1n) is 2.87. The van der Waals surface area contributed by atoms with E-state index in [1.165, 1.54) is 11.8 Å². The van der Waals surface area contributed by atoms with E-state index in [4.69, 9.17) is 0 Å². The fourth-order valence-corrected chi connectivity index (χ4v) is 0.877. The van der Waals surface area contributed by atoms with E-state index in [0.717, 1.165) is 11.8 Å². The standard InChI is InChI=1S/C6H11NO2S/c1-5(8)10-4-6(9)7(2)3/h4H2,1-3H3. The summed E-state index contributed by atoms with van der Waals surface area (Å²) in [6.45, 7) is 1.45. The first-order valence-corrected chi connectivity index (χ1v) is 3.86. The van der Waals surface area contributed by atoms with Gasteiger partial charge in [0.05, 0.1) is 5.75 Å². The Kier molecular flexibility index (Phi) is 4.11. The van der Waals surface area contributed by atoms with E-state index in [1.54, 1.807) is 14.1 Å². The van der Waals surface area contributed by atoms with Gasteiger partial charge >= 0.3 is 0 Å². The second-order valence-corrected chi connectivity index (χ2v) is 3.22. The van der Waals surface area contributed by atoms with Crippen LogP contribution in [0.2, 0.25) is 0 Å². The summed E-state index contributed by atoms with van der Waals surface area (Å²) in [5, 5.41) is -0.0183. The average molecular weight is 161 g/mol. The van der Waals surface area contributed by atoms with Gasteiger partial charge < -0.3 is 4.90 Å². The zero-order chi connectivity index (χ0) is 8.15. The van der Waals surface area contributed by atoms with Crippen LogP contribution in [0.1, 0.15) is 6.92 Å². The maximum absolute atomic E-state index is 10.8. The lowest BCUT2D eigenvalue weighted by molar-refractivity contribution is -0.126. The molecule has 0 aliphatic rings. The minimum Gasteiger partial charge on any atom is -0.348 e. The molecule has 0 bridgehead atoms. The minimum atomic E-state index is -0.0276. The Balaban J connectivity index is 3.50. The highest BCUT2D eigenvalue weighted by Crippen LogP contribution is 2.00. The number of hydrogen-bond acceptors (Lipinski definition) is 3. The molecule has 0 spiro atoms.